The minimum absolute atomic E-state index is 0.372. The van der Waals surface area contributed by atoms with E-state index in [-0.39, 0.29) is 0 Å². The number of benzene rings is 1. The lowest BCUT2D eigenvalue weighted by atomic mass is 10.2. The number of pyridine rings is 1. The summed E-state index contributed by atoms with van der Waals surface area (Å²) in [6.45, 7) is 5.70. The zero-order valence-electron chi connectivity index (χ0n) is 13.6. The largest absolute Gasteiger partial charge is 0.497 e. The first-order valence-electron chi connectivity index (χ1n) is 7.15. The monoisotopic (exact) mass is 336 g/mol. The molecule has 1 N–H and O–H groups in total. The van der Waals surface area contributed by atoms with E-state index < -0.39 is 16.2 Å². The van der Waals surface area contributed by atoms with Crippen molar-refractivity contribution in [3.8, 4) is 5.75 Å². The Labute approximate surface area is 139 Å². The molecule has 0 amide bonds. The number of thioether (sulfide) groups is 1. The summed E-state index contributed by atoms with van der Waals surface area (Å²) in [6, 6.07) is 9.05. The molecule has 0 aliphatic heterocycles. The highest BCUT2D eigenvalue weighted by atomic mass is 32.2. The van der Waals surface area contributed by atoms with Gasteiger partial charge in [0.25, 0.3) is 0 Å². The van der Waals surface area contributed by atoms with Gasteiger partial charge in [0.2, 0.25) is 0 Å². The van der Waals surface area contributed by atoms with Gasteiger partial charge in [0.1, 0.15) is 5.75 Å². The minimum Gasteiger partial charge on any atom is -0.497 e. The van der Waals surface area contributed by atoms with Crippen LogP contribution in [0.25, 0.3) is 0 Å². The number of hydrogen-bond donors (Lipinski definition) is 1. The second-order valence-corrected chi connectivity index (χ2v) is 5.41. The third-order valence-corrected chi connectivity index (χ3v) is 3.94. The fourth-order valence-electron chi connectivity index (χ4n) is 1.82. The number of rotatable bonds is 5. The van der Waals surface area contributed by atoms with Crippen molar-refractivity contribution in [2.45, 2.75) is 31.4 Å². The topological polar surface area (TPSA) is 85.2 Å². The smallest absolute Gasteiger partial charge is 0.347 e. The van der Waals surface area contributed by atoms with Crippen LogP contribution >= 0.6 is 11.8 Å². The molecular weight excluding hydrogens is 316 g/mol. The van der Waals surface area contributed by atoms with Gasteiger partial charge in [0, 0.05) is 11.4 Å². The first-order valence-corrected chi connectivity index (χ1v) is 8.14. The normalized spacial score (nSPS) is 9.74. The Kier molecular flexibility index (Phi) is 7.34. The molecule has 1 heterocycles. The predicted molar refractivity (Wildman–Crippen MR) is 92.4 cm³/mol. The zero-order chi connectivity index (χ0) is 17.4. The number of nitrogens with one attached hydrogen (secondary N) is 1. The number of ether oxygens (including phenoxy) is 1. The standard InChI is InChI=1S/C14H14N2O4S.C2H6/c1-9-7-12(13(16(18)19)14(17)15-9)21-8-10-3-5-11(20-2)6-4-10;1-2/h3-7H,8H2,1-2H3,(H,15,17);1-2H3. The van der Waals surface area contributed by atoms with Crippen LogP contribution < -0.4 is 10.3 Å². The van der Waals surface area contributed by atoms with Crippen LogP contribution in [0.15, 0.2) is 40.0 Å². The van der Waals surface area contributed by atoms with Gasteiger partial charge in [-0.05, 0) is 30.7 Å². The Balaban J connectivity index is 0.00000127. The Bertz CT molecular complexity index is 711. The lowest BCUT2D eigenvalue weighted by molar-refractivity contribution is -0.389. The second-order valence-electron chi connectivity index (χ2n) is 4.39. The number of aryl methyl sites for hydroxylation is 1. The van der Waals surface area contributed by atoms with Crippen LogP contribution in [-0.2, 0) is 5.75 Å². The van der Waals surface area contributed by atoms with Crippen molar-refractivity contribution in [3.63, 3.8) is 0 Å². The molecule has 0 saturated heterocycles. The van der Waals surface area contributed by atoms with Gasteiger partial charge >= 0.3 is 11.2 Å². The fourth-order valence-corrected chi connectivity index (χ4v) is 2.90. The molecule has 0 fully saturated rings. The summed E-state index contributed by atoms with van der Waals surface area (Å²) in [5, 5.41) is 11.0. The van der Waals surface area contributed by atoms with Crippen molar-refractivity contribution >= 4 is 17.4 Å². The quantitative estimate of drug-likeness (QED) is 0.508. The maximum Gasteiger partial charge on any atom is 0.347 e. The lowest BCUT2D eigenvalue weighted by Crippen LogP contribution is -2.13. The van der Waals surface area contributed by atoms with Crippen LogP contribution in [0.3, 0.4) is 0 Å². The highest BCUT2D eigenvalue weighted by molar-refractivity contribution is 7.98. The molecule has 0 spiro atoms. The molecule has 1 aromatic heterocycles. The van der Waals surface area contributed by atoms with Crippen LogP contribution in [-0.4, -0.2) is 17.0 Å². The van der Waals surface area contributed by atoms with Crippen molar-refractivity contribution in [1.29, 1.82) is 0 Å². The molecule has 124 valence electrons. The molecule has 0 atom stereocenters. The van der Waals surface area contributed by atoms with E-state index in [0.29, 0.717) is 16.3 Å². The molecule has 1 aromatic carbocycles. The molecule has 0 unspecified atom stereocenters. The average Bonchev–Trinajstić information content (AvgIpc) is 2.54. The molecule has 0 radical (unpaired) electrons. The van der Waals surface area contributed by atoms with E-state index in [9.17, 15) is 14.9 Å². The molecule has 2 rings (SSSR count). The Hall–Kier alpha value is -2.28. The number of methoxy groups -OCH3 is 1. The van der Waals surface area contributed by atoms with Gasteiger partial charge in [-0.3, -0.25) is 14.9 Å². The number of aromatic amines is 1. The number of hydrogen-bond acceptors (Lipinski definition) is 5. The predicted octanol–water partition coefficient (Wildman–Crippen LogP) is 3.92. The van der Waals surface area contributed by atoms with Gasteiger partial charge in [-0.25, -0.2) is 0 Å². The number of aromatic nitrogens is 1. The van der Waals surface area contributed by atoms with E-state index in [4.69, 9.17) is 4.74 Å². The molecule has 2 aromatic rings. The fraction of sp³-hybridized carbons (Fsp3) is 0.312. The molecule has 23 heavy (non-hydrogen) atoms. The third-order valence-electron chi connectivity index (χ3n) is 2.84. The lowest BCUT2D eigenvalue weighted by Gasteiger charge is -2.05. The molecule has 0 bridgehead atoms. The first-order chi connectivity index (χ1) is 11.0. The van der Waals surface area contributed by atoms with Crippen LogP contribution in [0.4, 0.5) is 5.69 Å². The van der Waals surface area contributed by atoms with Crippen LogP contribution in [0.2, 0.25) is 0 Å². The van der Waals surface area contributed by atoms with Crippen LogP contribution in [0, 0.1) is 17.0 Å². The van der Waals surface area contributed by atoms with Gasteiger partial charge in [0.15, 0.2) is 0 Å². The summed E-state index contributed by atoms with van der Waals surface area (Å²) < 4.78 is 5.07. The molecule has 7 heteroatoms. The van der Waals surface area contributed by atoms with E-state index in [1.165, 1.54) is 11.8 Å². The molecule has 0 aliphatic rings. The van der Waals surface area contributed by atoms with E-state index in [1.54, 1.807) is 20.1 Å². The number of nitrogens with zero attached hydrogens (tertiary/aromatic N) is 1. The molecule has 0 aliphatic carbocycles. The van der Waals surface area contributed by atoms with Gasteiger partial charge in [-0.15, -0.1) is 11.8 Å². The van der Waals surface area contributed by atoms with Gasteiger partial charge in [0.05, 0.1) is 16.9 Å². The Morgan fingerprint density at radius 2 is 1.87 bits per heavy atom. The highest BCUT2D eigenvalue weighted by Gasteiger charge is 2.20. The summed E-state index contributed by atoms with van der Waals surface area (Å²) >= 11 is 1.27. The van der Waals surface area contributed by atoms with Crippen molar-refractivity contribution in [2.75, 3.05) is 7.11 Å². The number of H-pyrrole nitrogens is 1. The zero-order valence-corrected chi connectivity index (χ0v) is 14.4. The summed E-state index contributed by atoms with van der Waals surface area (Å²) in [5.41, 5.74) is 0.521. The van der Waals surface area contributed by atoms with Gasteiger partial charge < -0.3 is 9.72 Å². The summed E-state index contributed by atoms with van der Waals surface area (Å²) in [7, 11) is 1.59. The maximum atomic E-state index is 11.7. The highest BCUT2D eigenvalue weighted by Crippen LogP contribution is 2.29. The Morgan fingerprint density at radius 3 is 2.39 bits per heavy atom. The average molecular weight is 336 g/mol. The van der Waals surface area contributed by atoms with Crippen LogP contribution in [0.1, 0.15) is 25.1 Å². The van der Waals surface area contributed by atoms with Crippen molar-refractivity contribution in [2.24, 2.45) is 0 Å². The van der Waals surface area contributed by atoms with Crippen molar-refractivity contribution in [3.05, 3.63) is 62.1 Å². The number of nitro groups is 1. The second kappa shape index (κ2) is 8.99. The van der Waals surface area contributed by atoms with Crippen molar-refractivity contribution < 1.29 is 9.66 Å². The van der Waals surface area contributed by atoms with Gasteiger partial charge in [-0.1, -0.05) is 26.0 Å². The maximum absolute atomic E-state index is 11.7. The SMILES string of the molecule is CC.COc1ccc(CSc2cc(C)[nH]c(=O)c2[N+](=O)[O-])cc1. The van der Waals surface area contributed by atoms with Crippen LogP contribution in [0.5, 0.6) is 5.75 Å². The summed E-state index contributed by atoms with van der Waals surface area (Å²) in [4.78, 5) is 24.8. The van der Waals surface area contributed by atoms with E-state index in [1.807, 2.05) is 38.1 Å². The van der Waals surface area contributed by atoms with E-state index in [0.717, 1.165) is 11.3 Å². The molecular formula is C16H20N2O4S. The van der Waals surface area contributed by atoms with Gasteiger partial charge in [-0.2, -0.15) is 0 Å². The minimum atomic E-state index is -0.669. The van der Waals surface area contributed by atoms with E-state index >= 15 is 0 Å². The summed E-state index contributed by atoms with van der Waals surface area (Å²) in [5.74, 6) is 1.29. The molecule has 0 saturated carbocycles. The summed E-state index contributed by atoms with van der Waals surface area (Å²) in [6.07, 6.45) is 0. The first kappa shape index (κ1) is 18.8. The Morgan fingerprint density at radius 1 is 1.26 bits per heavy atom. The molecule has 6 nitrogen and oxygen atoms in total. The van der Waals surface area contributed by atoms with E-state index in [2.05, 4.69) is 4.98 Å². The third kappa shape index (κ3) is 5.14. The van der Waals surface area contributed by atoms with Crippen molar-refractivity contribution in [1.82, 2.24) is 4.98 Å².